The van der Waals surface area contributed by atoms with Gasteiger partial charge in [0.05, 0.1) is 6.26 Å². The van der Waals surface area contributed by atoms with Crippen LogP contribution in [-0.2, 0) is 16.6 Å². The summed E-state index contributed by atoms with van der Waals surface area (Å²) in [6.45, 7) is -0.0709. The lowest BCUT2D eigenvalue weighted by Crippen LogP contribution is -2.21. The molecule has 0 amide bonds. The molecule has 1 aromatic heterocycles. The molecule has 1 rings (SSSR count). The molecule has 1 N–H and O–H groups in total. The molecule has 72 valence electrons. The van der Waals surface area contributed by atoms with Crippen molar-refractivity contribution >= 4 is 10.0 Å². The van der Waals surface area contributed by atoms with E-state index in [-0.39, 0.29) is 12.1 Å². The van der Waals surface area contributed by atoms with E-state index in [1.807, 2.05) is 0 Å². The molecule has 0 aliphatic rings. The fourth-order valence-corrected chi connectivity index (χ4v) is 1.18. The number of rotatable bonds is 3. The zero-order valence-electron chi connectivity index (χ0n) is 6.99. The van der Waals surface area contributed by atoms with E-state index in [9.17, 15) is 12.8 Å². The molecule has 13 heavy (non-hydrogen) atoms. The standard InChI is InChI=1S/C7H9FN2O2S/c1-13(11,12)10-5-6-3-2-4-9-7(6)8/h2-4,10H,5H2,1H3. The van der Waals surface area contributed by atoms with Gasteiger partial charge in [0.15, 0.2) is 0 Å². The summed E-state index contributed by atoms with van der Waals surface area (Å²) in [5.74, 6) is -0.654. The second-order valence-corrected chi connectivity index (χ2v) is 4.38. The van der Waals surface area contributed by atoms with E-state index in [4.69, 9.17) is 0 Å². The number of aromatic nitrogens is 1. The largest absolute Gasteiger partial charge is 0.228 e. The van der Waals surface area contributed by atoms with Gasteiger partial charge in [-0.2, -0.15) is 4.39 Å². The maximum atomic E-state index is 12.8. The van der Waals surface area contributed by atoms with Crippen molar-refractivity contribution in [2.24, 2.45) is 0 Å². The van der Waals surface area contributed by atoms with Crippen LogP contribution in [0, 0.1) is 5.95 Å². The van der Waals surface area contributed by atoms with Gasteiger partial charge in [-0.3, -0.25) is 0 Å². The maximum Gasteiger partial charge on any atom is 0.217 e. The SMILES string of the molecule is CS(=O)(=O)NCc1cccnc1F. The fraction of sp³-hybridized carbons (Fsp3) is 0.286. The highest BCUT2D eigenvalue weighted by Gasteiger charge is 2.05. The van der Waals surface area contributed by atoms with Gasteiger partial charge in [0.1, 0.15) is 0 Å². The first-order valence-corrected chi connectivity index (χ1v) is 5.42. The first kappa shape index (κ1) is 10.1. The smallest absolute Gasteiger partial charge is 0.217 e. The third-order valence-corrected chi connectivity index (χ3v) is 2.03. The molecule has 4 nitrogen and oxygen atoms in total. The van der Waals surface area contributed by atoms with Gasteiger partial charge >= 0.3 is 0 Å². The summed E-state index contributed by atoms with van der Waals surface area (Å²) in [7, 11) is -3.28. The highest BCUT2D eigenvalue weighted by Crippen LogP contribution is 2.02. The topological polar surface area (TPSA) is 59.1 Å². The summed E-state index contributed by atoms with van der Waals surface area (Å²) in [4.78, 5) is 3.38. The Morgan fingerprint density at radius 1 is 1.62 bits per heavy atom. The molecule has 0 bridgehead atoms. The number of hydrogen-bond donors (Lipinski definition) is 1. The van der Waals surface area contributed by atoms with Crippen molar-refractivity contribution < 1.29 is 12.8 Å². The minimum absolute atomic E-state index is 0.0709. The van der Waals surface area contributed by atoms with Crippen molar-refractivity contribution in [2.45, 2.75) is 6.54 Å². The normalized spacial score (nSPS) is 11.5. The van der Waals surface area contributed by atoms with Crippen LogP contribution in [0.1, 0.15) is 5.56 Å². The van der Waals surface area contributed by atoms with Gasteiger partial charge in [0.2, 0.25) is 16.0 Å². The summed E-state index contributed by atoms with van der Waals surface area (Å²) < 4.78 is 36.3. The summed E-state index contributed by atoms with van der Waals surface area (Å²) in [5, 5.41) is 0. The van der Waals surface area contributed by atoms with Crippen LogP contribution in [0.4, 0.5) is 4.39 Å². The highest BCUT2D eigenvalue weighted by atomic mass is 32.2. The molecular formula is C7H9FN2O2S. The molecule has 0 fully saturated rings. The molecule has 0 unspecified atom stereocenters. The molecule has 0 aliphatic carbocycles. The highest BCUT2D eigenvalue weighted by molar-refractivity contribution is 7.88. The quantitative estimate of drug-likeness (QED) is 0.719. The minimum atomic E-state index is -3.28. The number of pyridine rings is 1. The molecule has 0 aliphatic heterocycles. The summed E-state index contributed by atoms with van der Waals surface area (Å²) in [6.07, 6.45) is 2.32. The lowest BCUT2D eigenvalue weighted by molar-refractivity contribution is 0.557. The predicted molar refractivity (Wildman–Crippen MR) is 45.9 cm³/mol. The monoisotopic (exact) mass is 204 g/mol. The minimum Gasteiger partial charge on any atom is -0.228 e. The van der Waals surface area contributed by atoms with Crippen LogP contribution in [-0.4, -0.2) is 19.7 Å². The van der Waals surface area contributed by atoms with Crippen LogP contribution in [0.25, 0.3) is 0 Å². The van der Waals surface area contributed by atoms with Gasteiger partial charge in [-0.1, -0.05) is 6.07 Å². The van der Waals surface area contributed by atoms with E-state index < -0.39 is 16.0 Å². The zero-order valence-corrected chi connectivity index (χ0v) is 7.81. The third-order valence-electron chi connectivity index (χ3n) is 1.36. The maximum absolute atomic E-state index is 12.8. The lowest BCUT2D eigenvalue weighted by Gasteiger charge is -2.01. The van der Waals surface area contributed by atoms with E-state index >= 15 is 0 Å². The number of halogens is 1. The zero-order chi connectivity index (χ0) is 9.90. The van der Waals surface area contributed by atoms with Gasteiger partial charge in [0.25, 0.3) is 0 Å². The van der Waals surface area contributed by atoms with Crippen molar-refractivity contribution in [1.29, 1.82) is 0 Å². The average Bonchev–Trinajstić information content (AvgIpc) is 2.01. The molecule has 0 radical (unpaired) electrons. The van der Waals surface area contributed by atoms with Crippen molar-refractivity contribution in [3.05, 3.63) is 29.8 Å². The van der Waals surface area contributed by atoms with Crippen LogP contribution in [0.3, 0.4) is 0 Å². The summed E-state index contributed by atoms with van der Waals surface area (Å²) in [6, 6.07) is 3.02. The van der Waals surface area contributed by atoms with Gasteiger partial charge in [0, 0.05) is 18.3 Å². The molecule has 0 saturated carbocycles. The van der Waals surface area contributed by atoms with E-state index in [0.717, 1.165) is 6.26 Å². The van der Waals surface area contributed by atoms with Gasteiger partial charge in [-0.15, -0.1) is 0 Å². The Hall–Kier alpha value is -1.01. The fourth-order valence-electron chi connectivity index (χ4n) is 0.760. The number of sulfonamides is 1. The molecule has 1 aromatic rings. The van der Waals surface area contributed by atoms with Crippen molar-refractivity contribution in [3.8, 4) is 0 Å². The van der Waals surface area contributed by atoms with E-state index in [1.165, 1.54) is 12.3 Å². The number of hydrogen-bond acceptors (Lipinski definition) is 3. The van der Waals surface area contributed by atoms with Crippen LogP contribution in [0.2, 0.25) is 0 Å². The van der Waals surface area contributed by atoms with E-state index in [1.54, 1.807) is 6.07 Å². The molecule has 0 saturated heterocycles. The summed E-state index contributed by atoms with van der Waals surface area (Å²) in [5.41, 5.74) is 0.230. The van der Waals surface area contributed by atoms with Gasteiger partial charge in [-0.05, 0) is 6.07 Å². The lowest BCUT2D eigenvalue weighted by atomic mass is 10.3. The molecule has 0 spiro atoms. The van der Waals surface area contributed by atoms with Gasteiger partial charge < -0.3 is 0 Å². The Morgan fingerprint density at radius 2 is 2.31 bits per heavy atom. The Bertz CT molecular complexity index is 391. The Kier molecular flexibility index (Phi) is 2.94. The Labute approximate surface area is 75.9 Å². The molecular weight excluding hydrogens is 195 g/mol. The van der Waals surface area contributed by atoms with Gasteiger partial charge in [-0.25, -0.2) is 18.1 Å². The second-order valence-electron chi connectivity index (χ2n) is 2.55. The number of nitrogens with one attached hydrogen (secondary N) is 1. The van der Waals surface area contributed by atoms with E-state index in [0.29, 0.717) is 0 Å². The molecule has 1 heterocycles. The van der Waals surface area contributed by atoms with Crippen LogP contribution in [0.15, 0.2) is 18.3 Å². The van der Waals surface area contributed by atoms with Crippen LogP contribution >= 0.6 is 0 Å². The Balaban J connectivity index is 2.71. The van der Waals surface area contributed by atoms with Crippen LogP contribution < -0.4 is 4.72 Å². The summed E-state index contributed by atoms with van der Waals surface area (Å²) >= 11 is 0. The van der Waals surface area contributed by atoms with Crippen LogP contribution in [0.5, 0.6) is 0 Å². The molecule has 6 heteroatoms. The predicted octanol–water partition coefficient (Wildman–Crippen LogP) is 0.270. The van der Waals surface area contributed by atoms with Crippen molar-refractivity contribution in [1.82, 2.24) is 9.71 Å². The first-order valence-electron chi connectivity index (χ1n) is 3.53. The van der Waals surface area contributed by atoms with Crippen molar-refractivity contribution in [2.75, 3.05) is 6.26 Å². The third kappa shape index (κ3) is 3.47. The number of nitrogens with zero attached hydrogens (tertiary/aromatic N) is 1. The van der Waals surface area contributed by atoms with E-state index in [2.05, 4.69) is 9.71 Å². The molecule has 0 aromatic carbocycles. The Morgan fingerprint density at radius 3 is 2.85 bits per heavy atom. The first-order chi connectivity index (χ1) is 5.99. The van der Waals surface area contributed by atoms with Crippen molar-refractivity contribution in [3.63, 3.8) is 0 Å². The average molecular weight is 204 g/mol. The molecule has 0 atom stereocenters. The second kappa shape index (κ2) is 3.80.